The molecule has 0 amide bonds. The molecule has 1 N–H and O–H groups in total. The van der Waals surface area contributed by atoms with E-state index in [9.17, 15) is 5.11 Å². The first-order chi connectivity index (χ1) is 6.98. The minimum absolute atomic E-state index is 0.356. The van der Waals surface area contributed by atoms with Gasteiger partial charge in [-0.15, -0.1) is 0 Å². The fraction of sp³-hybridized carbons (Fsp3) is 0.636. The van der Waals surface area contributed by atoms with Gasteiger partial charge in [0.25, 0.3) is 0 Å². The Labute approximate surface area is 88.8 Å². The SMILES string of the molecule is Cc1ccc(C(O)C2COC(C)(C)O2)o1. The number of aryl methyl sites for hydroxylation is 1. The Kier molecular flexibility index (Phi) is 2.58. The summed E-state index contributed by atoms with van der Waals surface area (Å²) in [5.41, 5.74) is 0. The molecule has 1 aliphatic rings. The van der Waals surface area contributed by atoms with Crippen LogP contribution in [-0.4, -0.2) is 23.6 Å². The molecule has 0 bridgehead atoms. The molecule has 1 aromatic rings. The smallest absolute Gasteiger partial charge is 0.163 e. The highest BCUT2D eigenvalue weighted by Gasteiger charge is 2.38. The Morgan fingerprint density at radius 1 is 1.47 bits per heavy atom. The maximum atomic E-state index is 9.97. The molecule has 4 heteroatoms. The number of hydrogen-bond acceptors (Lipinski definition) is 4. The van der Waals surface area contributed by atoms with E-state index in [1.807, 2.05) is 26.8 Å². The van der Waals surface area contributed by atoms with Crippen molar-refractivity contribution in [2.75, 3.05) is 6.61 Å². The summed E-state index contributed by atoms with van der Waals surface area (Å²) >= 11 is 0. The fourth-order valence-electron chi connectivity index (χ4n) is 1.67. The molecule has 0 aromatic carbocycles. The van der Waals surface area contributed by atoms with Crippen LogP contribution in [0.25, 0.3) is 0 Å². The number of aliphatic hydroxyl groups is 1. The maximum Gasteiger partial charge on any atom is 0.163 e. The molecule has 1 aliphatic heterocycles. The Morgan fingerprint density at radius 2 is 2.20 bits per heavy atom. The zero-order chi connectivity index (χ0) is 11.1. The van der Waals surface area contributed by atoms with Crippen LogP contribution in [0.3, 0.4) is 0 Å². The van der Waals surface area contributed by atoms with E-state index >= 15 is 0 Å². The predicted molar refractivity (Wildman–Crippen MR) is 53.3 cm³/mol. The van der Waals surface area contributed by atoms with Crippen LogP contribution in [-0.2, 0) is 9.47 Å². The Hall–Kier alpha value is -0.840. The van der Waals surface area contributed by atoms with Crippen molar-refractivity contribution in [2.24, 2.45) is 0 Å². The van der Waals surface area contributed by atoms with Crippen molar-refractivity contribution in [3.8, 4) is 0 Å². The first-order valence-electron chi connectivity index (χ1n) is 5.04. The number of hydrogen-bond donors (Lipinski definition) is 1. The van der Waals surface area contributed by atoms with E-state index < -0.39 is 11.9 Å². The lowest BCUT2D eigenvalue weighted by atomic mass is 10.2. The van der Waals surface area contributed by atoms with Crippen molar-refractivity contribution in [1.29, 1.82) is 0 Å². The van der Waals surface area contributed by atoms with Crippen molar-refractivity contribution in [1.82, 2.24) is 0 Å². The third-order valence-corrected chi connectivity index (χ3v) is 2.44. The molecule has 1 saturated heterocycles. The number of ether oxygens (including phenoxy) is 2. The summed E-state index contributed by atoms with van der Waals surface area (Å²) in [5, 5.41) is 9.97. The summed E-state index contributed by atoms with van der Waals surface area (Å²) in [5.74, 6) is 0.689. The normalized spacial score (nSPS) is 26.8. The number of rotatable bonds is 2. The van der Waals surface area contributed by atoms with Gasteiger partial charge in [0.2, 0.25) is 0 Å². The first kappa shape index (κ1) is 10.7. The van der Waals surface area contributed by atoms with E-state index in [1.165, 1.54) is 0 Å². The van der Waals surface area contributed by atoms with Crippen molar-refractivity contribution in [3.05, 3.63) is 23.7 Å². The van der Waals surface area contributed by atoms with Gasteiger partial charge in [-0.1, -0.05) is 0 Å². The third kappa shape index (κ3) is 2.22. The first-order valence-corrected chi connectivity index (χ1v) is 5.04. The molecule has 0 spiro atoms. The van der Waals surface area contributed by atoms with Crippen LogP contribution in [0.15, 0.2) is 16.5 Å². The molecule has 1 aromatic heterocycles. The van der Waals surface area contributed by atoms with Gasteiger partial charge in [-0.3, -0.25) is 0 Å². The quantitative estimate of drug-likeness (QED) is 0.811. The summed E-state index contributed by atoms with van der Waals surface area (Å²) in [6, 6.07) is 3.58. The second-order valence-corrected chi connectivity index (χ2v) is 4.26. The average Bonchev–Trinajstić information content (AvgIpc) is 2.71. The van der Waals surface area contributed by atoms with E-state index in [0.29, 0.717) is 12.4 Å². The third-order valence-electron chi connectivity index (χ3n) is 2.44. The summed E-state index contributed by atoms with van der Waals surface area (Å²) in [6.07, 6.45) is -1.12. The topological polar surface area (TPSA) is 51.8 Å². The van der Waals surface area contributed by atoms with Crippen molar-refractivity contribution >= 4 is 0 Å². The summed E-state index contributed by atoms with van der Waals surface area (Å²) in [4.78, 5) is 0. The van der Waals surface area contributed by atoms with Gasteiger partial charge in [-0.05, 0) is 32.9 Å². The monoisotopic (exact) mass is 212 g/mol. The lowest BCUT2D eigenvalue weighted by molar-refractivity contribution is -0.152. The van der Waals surface area contributed by atoms with Crippen LogP contribution in [0.4, 0.5) is 0 Å². The van der Waals surface area contributed by atoms with Crippen LogP contribution < -0.4 is 0 Å². The van der Waals surface area contributed by atoms with Crippen molar-refractivity contribution < 1.29 is 19.0 Å². The fourth-order valence-corrected chi connectivity index (χ4v) is 1.67. The molecule has 2 heterocycles. The molecular weight excluding hydrogens is 196 g/mol. The van der Waals surface area contributed by atoms with Gasteiger partial charge in [-0.2, -0.15) is 0 Å². The van der Waals surface area contributed by atoms with Gasteiger partial charge < -0.3 is 19.0 Å². The molecule has 2 unspecified atom stereocenters. The Bertz CT molecular complexity index is 342. The predicted octanol–water partition coefficient (Wildman–Crippen LogP) is 1.77. The standard InChI is InChI=1S/C11H16O4/c1-7-4-5-8(14-7)10(12)9-6-13-11(2,3)15-9/h4-5,9-10,12H,6H2,1-3H3. The van der Waals surface area contributed by atoms with Crippen LogP contribution in [0.1, 0.15) is 31.5 Å². The highest BCUT2D eigenvalue weighted by atomic mass is 16.7. The molecule has 1 fully saturated rings. The molecule has 2 rings (SSSR count). The Balaban J connectivity index is 2.06. The molecule has 0 radical (unpaired) electrons. The second kappa shape index (κ2) is 3.63. The van der Waals surface area contributed by atoms with Gasteiger partial charge >= 0.3 is 0 Å². The lowest BCUT2D eigenvalue weighted by Gasteiger charge is -2.19. The zero-order valence-corrected chi connectivity index (χ0v) is 9.19. The minimum Gasteiger partial charge on any atom is -0.464 e. The van der Waals surface area contributed by atoms with Gasteiger partial charge in [0.05, 0.1) is 6.61 Å². The van der Waals surface area contributed by atoms with Gasteiger partial charge in [0.15, 0.2) is 5.79 Å². The molecule has 0 aliphatic carbocycles. The van der Waals surface area contributed by atoms with E-state index in [4.69, 9.17) is 13.9 Å². The molecule has 0 saturated carbocycles. The van der Waals surface area contributed by atoms with Crippen LogP contribution in [0.5, 0.6) is 0 Å². The van der Waals surface area contributed by atoms with Crippen molar-refractivity contribution in [3.63, 3.8) is 0 Å². The molecule has 84 valence electrons. The number of furan rings is 1. The van der Waals surface area contributed by atoms with Crippen LogP contribution in [0.2, 0.25) is 0 Å². The summed E-state index contributed by atoms with van der Waals surface area (Å²) in [6.45, 7) is 5.88. The largest absolute Gasteiger partial charge is 0.464 e. The average molecular weight is 212 g/mol. The molecule has 4 nitrogen and oxygen atoms in total. The van der Waals surface area contributed by atoms with Gasteiger partial charge in [0, 0.05) is 0 Å². The van der Waals surface area contributed by atoms with Crippen LogP contribution in [0, 0.1) is 6.92 Å². The maximum absolute atomic E-state index is 9.97. The van der Waals surface area contributed by atoms with Gasteiger partial charge in [0.1, 0.15) is 23.7 Å². The zero-order valence-electron chi connectivity index (χ0n) is 9.19. The van der Waals surface area contributed by atoms with Crippen molar-refractivity contribution in [2.45, 2.75) is 38.8 Å². The summed E-state index contributed by atoms with van der Waals surface area (Å²) < 4.78 is 16.3. The highest BCUT2D eigenvalue weighted by molar-refractivity contribution is 5.09. The van der Waals surface area contributed by atoms with Gasteiger partial charge in [-0.25, -0.2) is 0 Å². The van der Waals surface area contributed by atoms with E-state index in [-0.39, 0.29) is 6.10 Å². The molecular formula is C11H16O4. The van der Waals surface area contributed by atoms with E-state index in [1.54, 1.807) is 6.07 Å². The molecule has 15 heavy (non-hydrogen) atoms. The molecule has 2 atom stereocenters. The second-order valence-electron chi connectivity index (χ2n) is 4.26. The van der Waals surface area contributed by atoms with E-state index in [2.05, 4.69) is 0 Å². The highest BCUT2D eigenvalue weighted by Crippen LogP contribution is 2.31. The summed E-state index contributed by atoms with van der Waals surface area (Å²) in [7, 11) is 0. The Morgan fingerprint density at radius 3 is 2.67 bits per heavy atom. The lowest BCUT2D eigenvalue weighted by Crippen LogP contribution is -2.25. The van der Waals surface area contributed by atoms with E-state index in [0.717, 1.165) is 5.76 Å². The number of aliphatic hydroxyl groups excluding tert-OH is 1. The van der Waals surface area contributed by atoms with Crippen LogP contribution >= 0.6 is 0 Å². The minimum atomic E-state index is -0.763.